The Morgan fingerprint density at radius 1 is 1.12 bits per heavy atom. The Bertz CT molecular complexity index is 789. The predicted octanol–water partition coefficient (Wildman–Crippen LogP) is 4.63. The van der Waals surface area contributed by atoms with Gasteiger partial charge in [0.05, 0.1) is 0 Å². The SMILES string of the molecule is Cc1ccc(CN2CCc3cc(C(C)(C)C)ccc3C2=O)c(F)c1. The molecule has 0 aromatic heterocycles. The highest BCUT2D eigenvalue weighted by Crippen LogP contribution is 2.28. The Morgan fingerprint density at radius 3 is 2.54 bits per heavy atom. The molecule has 1 amide bonds. The van der Waals surface area contributed by atoms with E-state index in [2.05, 4.69) is 26.8 Å². The van der Waals surface area contributed by atoms with Crippen LogP contribution in [0.15, 0.2) is 36.4 Å². The van der Waals surface area contributed by atoms with E-state index < -0.39 is 0 Å². The Balaban J connectivity index is 1.85. The minimum absolute atomic E-state index is 0.00307. The van der Waals surface area contributed by atoms with E-state index in [1.807, 2.05) is 25.1 Å². The van der Waals surface area contributed by atoms with Crippen molar-refractivity contribution in [2.45, 2.75) is 46.1 Å². The number of carbonyl (C=O) groups excluding carboxylic acids is 1. The van der Waals surface area contributed by atoms with Crippen LogP contribution in [0.1, 0.15) is 53.4 Å². The second-order valence-electron chi connectivity index (χ2n) is 7.69. The monoisotopic (exact) mass is 325 g/mol. The fourth-order valence-corrected chi connectivity index (χ4v) is 3.14. The maximum Gasteiger partial charge on any atom is 0.254 e. The van der Waals surface area contributed by atoms with E-state index in [1.165, 1.54) is 11.6 Å². The first-order chi connectivity index (χ1) is 11.3. The molecular weight excluding hydrogens is 301 g/mol. The molecule has 3 rings (SSSR count). The molecule has 2 aromatic rings. The summed E-state index contributed by atoms with van der Waals surface area (Å²) in [4.78, 5) is 14.5. The summed E-state index contributed by atoms with van der Waals surface area (Å²) in [7, 11) is 0. The third kappa shape index (κ3) is 3.21. The van der Waals surface area contributed by atoms with E-state index in [-0.39, 0.29) is 17.1 Å². The van der Waals surface area contributed by atoms with Gasteiger partial charge in [-0.25, -0.2) is 4.39 Å². The number of aryl methyl sites for hydroxylation is 1. The van der Waals surface area contributed by atoms with Crippen molar-refractivity contribution in [2.75, 3.05) is 6.54 Å². The van der Waals surface area contributed by atoms with Crippen LogP contribution in [-0.4, -0.2) is 17.4 Å². The Labute approximate surface area is 143 Å². The highest BCUT2D eigenvalue weighted by molar-refractivity contribution is 5.96. The lowest BCUT2D eigenvalue weighted by Crippen LogP contribution is -2.37. The number of fused-ring (bicyclic) bond motifs is 1. The van der Waals surface area contributed by atoms with Crippen molar-refractivity contribution >= 4 is 5.91 Å². The number of nitrogens with zero attached hydrogens (tertiary/aromatic N) is 1. The van der Waals surface area contributed by atoms with Gasteiger partial charge >= 0.3 is 0 Å². The molecule has 0 unspecified atom stereocenters. The Morgan fingerprint density at radius 2 is 1.88 bits per heavy atom. The van der Waals surface area contributed by atoms with Gasteiger partial charge in [0.2, 0.25) is 0 Å². The molecule has 0 aliphatic carbocycles. The largest absolute Gasteiger partial charge is 0.334 e. The van der Waals surface area contributed by atoms with Crippen molar-refractivity contribution in [1.82, 2.24) is 4.90 Å². The number of rotatable bonds is 2. The molecule has 24 heavy (non-hydrogen) atoms. The number of hydrogen-bond acceptors (Lipinski definition) is 1. The standard InChI is InChI=1S/C21H24FNO/c1-14-5-6-16(19(22)11-14)13-23-10-9-15-12-17(21(2,3)4)7-8-18(15)20(23)24/h5-8,11-12H,9-10,13H2,1-4H3. The summed E-state index contributed by atoms with van der Waals surface area (Å²) in [5, 5.41) is 0. The first-order valence-corrected chi connectivity index (χ1v) is 8.43. The van der Waals surface area contributed by atoms with E-state index in [1.54, 1.807) is 11.0 Å². The zero-order valence-electron chi connectivity index (χ0n) is 14.8. The van der Waals surface area contributed by atoms with Gasteiger partial charge in [0, 0.05) is 24.2 Å². The number of hydrogen-bond donors (Lipinski definition) is 0. The van der Waals surface area contributed by atoms with Crippen molar-refractivity contribution in [1.29, 1.82) is 0 Å². The Hall–Kier alpha value is -2.16. The second-order valence-corrected chi connectivity index (χ2v) is 7.69. The summed E-state index contributed by atoms with van der Waals surface area (Å²) >= 11 is 0. The average Bonchev–Trinajstić information content (AvgIpc) is 2.51. The molecular formula is C21H24FNO. The van der Waals surface area contributed by atoms with Crippen LogP contribution in [-0.2, 0) is 18.4 Å². The summed E-state index contributed by atoms with van der Waals surface area (Å²) in [6.45, 7) is 9.34. The number of benzene rings is 2. The molecule has 126 valence electrons. The van der Waals surface area contributed by atoms with Crippen molar-refractivity contribution in [3.63, 3.8) is 0 Å². The highest BCUT2D eigenvalue weighted by Gasteiger charge is 2.26. The van der Waals surface area contributed by atoms with Gasteiger partial charge in [-0.2, -0.15) is 0 Å². The summed E-state index contributed by atoms with van der Waals surface area (Å²) in [5.74, 6) is -0.242. The summed E-state index contributed by atoms with van der Waals surface area (Å²) in [5.41, 5.74) is 4.63. The molecule has 3 heteroatoms. The van der Waals surface area contributed by atoms with Gasteiger partial charge in [-0.05, 0) is 47.6 Å². The second kappa shape index (κ2) is 6.04. The maximum atomic E-state index is 14.1. The lowest BCUT2D eigenvalue weighted by atomic mass is 9.84. The van der Waals surface area contributed by atoms with Gasteiger partial charge < -0.3 is 4.90 Å². The first kappa shape index (κ1) is 16.7. The van der Waals surface area contributed by atoms with Gasteiger partial charge in [-0.3, -0.25) is 4.79 Å². The van der Waals surface area contributed by atoms with E-state index in [9.17, 15) is 9.18 Å². The van der Waals surface area contributed by atoms with Crippen LogP contribution in [0.25, 0.3) is 0 Å². The van der Waals surface area contributed by atoms with Crippen LogP contribution in [0, 0.1) is 12.7 Å². The van der Waals surface area contributed by atoms with Crippen LogP contribution in [0.5, 0.6) is 0 Å². The number of amides is 1. The van der Waals surface area contributed by atoms with Crippen molar-refractivity contribution < 1.29 is 9.18 Å². The topological polar surface area (TPSA) is 20.3 Å². The molecule has 2 aromatic carbocycles. The van der Waals surface area contributed by atoms with E-state index in [0.717, 1.165) is 23.1 Å². The first-order valence-electron chi connectivity index (χ1n) is 8.43. The summed E-state index contributed by atoms with van der Waals surface area (Å²) in [6, 6.07) is 11.3. The maximum absolute atomic E-state index is 14.1. The highest BCUT2D eigenvalue weighted by atomic mass is 19.1. The Kier molecular flexibility index (Phi) is 4.20. The van der Waals surface area contributed by atoms with E-state index in [0.29, 0.717) is 18.7 Å². The van der Waals surface area contributed by atoms with Crippen molar-refractivity contribution in [3.8, 4) is 0 Å². The molecule has 1 aliphatic rings. The molecule has 0 fully saturated rings. The molecule has 0 radical (unpaired) electrons. The number of carbonyl (C=O) groups is 1. The molecule has 0 saturated heterocycles. The van der Waals surface area contributed by atoms with Crippen LogP contribution in [0.3, 0.4) is 0 Å². The smallest absolute Gasteiger partial charge is 0.254 e. The van der Waals surface area contributed by atoms with Gasteiger partial charge in [0.25, 0.3) is 5.91 Å². The zero-order chi connectivity index (χ0) is 17.5. The molecule has 0 spiro atoms. The van der Waals surface area contributed by atoms with Gasteiger partial charge in [0.15, 0.2) is 0 Å². The van der Waals surface area contributed by atoms with E-state index in [4.69, 9.17) is 0 Å². The van der Waals surface area contributed by atoms with Gasteiger partial charge in [-0.1, -0.05) is 45.0 Å². The summed E-state index contributed by atoms with van der Waals surface area (Å²) in [6.07, 6.45) is 0.818. The minimum Gasteiger partial charge on any atom is -0.334 e. The summed E-state index contributed by atoms with van der Waals surface area (Å²) < 4.78 is 14.1. The van der Waals surface area contributed by atoms with Crippen molar-refractivity contribution in [2.24, 2.45) is 0 Å². The predicted molar refractivity (Wildman–Crippen MR) is 94.7 cm³/mol. The molecule has 0 atom stereocenters. The van der Waals surface area contributed by atoms with Crippen LogP contribution < -0.4 is 0 Å². The fraction of sp³-hybridized carbons (Fsp3) is 0.381. The molecule has 2 nitrogen and oxygen atoms in total. The molecule has 0 saturated carbocycles. The van der Waals surface area contributed by atoms with Crippen LogP contribution in [0.4, 0.5) is 4.39 Å². The molecule has 0 N–H and O–H groups in total. The number of halogens is 1. The molecule has 0 bridgehead atoms. The third-order valence-corrected chi connectivity index (χ3v) is 4.71. The quantitative estimate of drug-likeness (QED) is 0.788. The van der Waals surface area contributed by atoms with E-state index >= 15 is 0 Å². The van der Waals surface area contributed by atoms with Crippen molar-refractivity contribution in [3.05, 3.63) is 70.0 Å². The minimum atomic E-state index is -0.239. The lowest BCUT2D eigenvalue weighted by Gasteiger charge is -2.30. The lowest BCUT2D eigenvalue weighted by molar-refractivity contribution is 0.0725. The average molecular weight is 325 g/mol. The normalized spacial score (nSPS) is 14.7. The molecule has 1 heterocycles. The van der Waals surface area contributed by atoms with Gasteiger partial charge in [0.1, 0.15) is 5.82 Å². The third-order valence-electron chi connectivity index (χ3n) is 4.71. The zero-order valence-corrected chi connectivity index (χ0v) is 14.8. The fourth-order valence-electron chi connectivity index (χ4n) is 3.14. The van der Waals surface area contributed by atoms with Crippen LogP contribution in [0.2, 0.25) is 0 Å². The molecule has 1 aliphatic heterocycles. The van der Waals surface area contributed by atoms with Crippen LogP contribution >= 0.6 is 0 Å². The van der Waals surface area contributed by atoms with Gasteiger partial charge in [-0.15, -0.1) is 0 Å².